The Kier molecular flexibility index (Phi) is 3.67. The zero-order chi connectivity index (χ0) is 15.3. The van der Waals surface area contributed by atoms with Crippen LogP contribution in [0.3, 0.4) is 0 Å². The van der Waals surface area contributed by atoms with Gasteiger partial charge in [-0.1, -0.05) is 29.8 Å². The Morgan fingerprint density at radius 3 is 2.52 bits per heavy atom. The summed E-state index contributed by atoms with van der Waals surface area (Å²) >= 11 is 5.92. The first kappa shape index (κ1) is 15.3. The van der Waals surface area contributed by atoms with E-state index in [1.807, 2.05) is 54.2 Å². The van der Waals surface area contributed by atoms with Crippen LogP contribution in [0, 0.1) is 0 Å². The number of rotatable bonds is 1. The summed E-state index contributed by atoms with van der Waals surface area (Å²) in [4.78, 5) is 0. The Hall–Kier alpha value is -2.63. The van der Waals surface area contributed by atoms with E-state index in [1.165, 1.54) is 4.68 Å². The average molecular weight is 328 g/mol. The molecule has 0 unspecified atom stereocenters. The lowest BCUT2D eigenvalue weighted by atomic mass is 10.1. The third kappa shape index (κ3) is 2.30. The molecule has 0 aliphatic carbocycles. The van der Waals surface area contributed by atoms with Crippen molar-refractivity contribution in [2.24, 2.45) is 7.05 Å². The molecule has 0 fully saturated rings. The topological polar surface area (TPSA) is 71.9 Å². The fourth-order valence-corrected chi connectivity index (χ4v) is 2.89. The lowest BCUT2D eigenvalue weighted by Crippen LogP contribution is -2.27. The number of halogens is 1. The van der Waals surface area contributed by atoms with E-state index >= 15 is 0 Å². The summed E-state index contributed by atoms with van der Waals surface area (Å²) in [6, 6.07) is 15.2. The Balaban J connectivity index is 0.00000156. The lowest BCUT2D eigenvalue weighted by molar-refractivity contribution is -0.643. The van der Waals surface area contributed by atoms with Crippen LogP contribution < -0.4 is 4.57 Å². The Labute approximate surface area is 137 Å². The third-order valence-corrected chi connectivity index (χ3v) is 4.06. The van der Waals surface area contributed by atoms with Crippen LogP contribution in [0.5, 0.6) is 5.88 Å². The fraction of sp³-hybridized carbons (Fsp3) is 0.0588. The van der Waals surface area contributed by atoms with Crippen LogP contribution in [-0.4, -0.2) is 20.4 Å². The molecule has 6 heteroatoms. The van der Waals surface area contributed by atoms with Gasteiger partial charge in [0, 0.05) is 15.8 Å². The molecule has 0 saturated carbocycles. The van der Waals surface area contributed by atoms with Gasteiger partial charge in [-0.15, -0.1) is 0 Å². The maximum Gasteiger partial charge on any atom is 0.296 e. The van der Waals surface area contributed by atoms with Gasteiger partial charge in [-0.25, -0.2) is 0 Å². The summed E-state index contributed by atoms with van der Waals surface area (Å²) in [6.45, 7) is 0. The van der Waals surface area contributed by atoms with Crippen LogP contribution in [0.4, 0.5) is 0 Å². The second-order valence-corrected chi connectivity index (χ2v) is 5.67. The predicted octanol–water partition coefficient (Wildman–Crippen LogP) is 3.19. The van der Waals surface area contributed by atoms with Crippen LogP contribution in [-0.2, 0) is 7.05 Å². The van der Waals surface area contributed by atoms with E-state index < -0.39 is 0 Å². The second kappa shape index (κ2) is 5.53. The van der Waals surface area contributed by atoms with Crippen molar-refractivity contribution in [3.8, 4) is 11.6 Å². The zero-order valence-electron chi connectivity index (χ0n) is 12.3. The van der Waals surface area contributed by atoms with E-state index in [9.17, 15) is 5.11 Å². The molecular formula is C17H14ClN3O2. The van der Waals surface area contributed by atoms with Gasteiger partial charge in [0.2, 0.25) is 0 Å². The van der Waals surface area contributed by atoms with E-state index in [2.05, 4.69) is 5.10 Å². The molecule has 0 spiro atoms. The molecule has 2 heterocycles. The molecule has 0 saturated heterocycles. The minimum atomic E-state index is 0. The SMILES string of the molecule is C[n+]1cc2ccccc2c2nn(-c3ccc(Cl)cc3)c(O)c21.[OH-]. The standard InChI is InChI=1S/C17H12ClN3O.H2O/c1-20-10-11-4-2-3-5-14(11)15-16(20)17(22)21(19-15)13-8-6-12(18)7-9-13;/h2-10H,1H3;1H2. The van der Waals surface area contributed by atoms with Crippen molar-refractivity contribution in [1.82, 2.24) is 9.78 Å². The van der Waals surface area contributed by atoms with Crippen molar-refractivity contribution >= 4 is 33.4 Å². The maximum absolute atomic E-state index is 10.6. The predicted molar refractivity (Wildman–Crippen MR) is 88.4 cm³/mol. The summed E-state index contributed by atoms with van der Waals surface area (Å²) in [5.74, 6) is 0.116. The van der Waals surface area contributed by atoms with Crippen LogP contribution in [0.1, 0.15) is 0 Å². The van der Waals surface area contributed by atoms with Crippen molar-refractivity contribution in [3.05, 3.63) is 59.8 Å². The number of pyridine rings is 1. The molecule has 0 radical (unpaired) electrons. The van der Waals surface area contributed by atoms with E-state index in [-0.39, 0.29) is 11.4 Å². The highest BCUT2D eigenvalue weighted by Crippen LogP contribution is 2.29. The molecule has 0 amide bonds. The van der Waals surface area contributed by atoms with Crippen LogP contribution in [0.15, 0.2) is 54.7 Å². The largest absolute Gasteiger partial charge is 0.870 e. The summed E-state index contributed by atoms with van der Waals surface area (Å²) < 4.78 is 3.43. The molecule has 116 valence electrons. The van der Waals surface area contributed by atoms with Crippen molar-refractivity contribution in [3.63, 3.8) is 0 Å². The van der Waals surface area contributed by atoms with Crippen LogP contribution in [0.2, 0.25) is 5.02 Å². The molecular weight excluding hydrogens is 314 g/mol. The number of aryl methyl sites for hydroxylation is 1. The van der Waals surface area contributed by atoms with Crippen LogP contribution >= 0.6 is 11.6 Å². The molecule has 0 aliphatic heterocycles. The van der Waals surface area contributed by atoms with Gasteiger partial charge in [0.25, 0.3) is 11.4 Å². The van der Waals surface area contributed by atoms with Gasteiger partial charge in [-0.3, -0.25) is 0 Å². The van der Waals surface area contributed by atoms with Gasteiger partial charge in [-0.2, -0.15) is 14.3 Å². The Morgan fingerprint density at radius 2 is 1.78 bits per heavy atom. The number of benzene rings is 2. The minimum Gasteiger partial charge on any atom is -0.870 e. The molecule has 2 aromatic heterocycles. The summed E-state index contributed by atoms with van der Waals surface area (Å²) in [5, 5.41) is 17.9. The molecule has 0 atom stereocenters. The first-order valence-corrected chi connectivity index (χ1v) is 7.28. The zero-order valence-corrected chi connectivity index (χ0v) is 13.1. The second-order valence-electron chi connectivity index (χ2n) is 5.24. The summed E-state index contributed by atoms with van der Waals surface area (Å²) in [7, 11) is 1.91. The van der Waals surface area contributed by atoms with Crippen molar-refractivity contribution in [2.75, 3.05) is 0 Å². The minimum absolute atomic E-state index is 0. The number of hydrogen-bond acceptors (Lipinski definition) is 3. The normalized spacial score (nSPS) is 10.9. The maximum atomic E-state index is 10.6. The van der Waals surface area contributed by atoms with E-state index in [4.69, 9.17) is 11.6 Å². The fourth-order valence-electron chi connectivity index (χ4n) is 2.77. The molecule has 2 N–H and O–H groups in total. The third-order valence-electron chi connectivity index (χ3n) is 3.81. The lowest BCUT2D eigenvalue weighted by Gasteiger charge is -2.01. The van der Waals surface area contributed by atoms with Crippen LogP contribution in [0.25, 0.3) is 27.5 Å². The quantitative estimate of drug-likeness (QED) is 0.546. The summed E-state index contributed by atoms with van der Waals surface area (Å²) in [6.07, 6.45) is 1.99. The number of aromatic nitrogens is 3. The van der Waals surface area contributed by atoms with Crippen molar-refractivity contribution < 1.29 is 15.1 Å². The molecule has 4 rings (SSSR count). The van der Waals surface area contributed by atoms with Crippen molar-refractivity contribution in [2.45, 2.75) is 0 Å². The first-order valence-electron chi connectivity index (χ1n) is 6.90. The smallest absolute Gasteiger partial charge is 0.296 e. The Bertz CT molecular complexity index is 1010. The van der Waals surface area contributed by atoms with E-state index in [0.29, 0.717) is 10.5 Å². The molecule has 23 heavy (non-hydrogen) atoms. The van der Waals surface area contributed by atoms with Gasteiger partial charge >= 0.3 is 0 Å². The van der Waals surface area contributed by atoms with Gasteiger partial charge in [-0.05, 0) is 30.3 Å². The summed E-state index contributed by atoms with van der Waals surface area (Å²) in [5.41, 5.74) is 2.24. The molecule has 5 nitrogen and oxygen atoms in total. The van der Waals surface area contributed by atoms with Gasteiger partial charge in [0.1, 0.15) is 7.05 Å². The highest BCUT2D eigenvalue weighted by molar-refractivity contribution is 6.30. The van der Waals surface area contributed by atoms with E-state index in [1.54, 1.807) is 12.1 Å². The average Bonchev–Trinajstić information content (AvgIpc) is 2.87. The first-order chi connectivity index (χ1) is 10.6. The van der Waals surface area contributed by atoms with E-state index in [0.717, 1.165) is 22.0 Å². The Morgan fingerprint density at radius 1 is 1.09 bits per heavy atom. The molecule has 0 aliphatic rings. The highest BCUT2D eigenvalue weighted by atomic mass is 35.5. The molecule has 4 aromatic rings. The number of aromatic hydroxyl groups is 1. The van der Waals surface area contributed by atoms with Gasteiger partial charge in [0.05, 0.1) is 5.69 Å². The number of hydrogen-bond donors (Lipinski definition) is 1. The monoisotopic (exact) mass is 327 g/mol. The highest BCUT2D eigenvalue weighted by Gasteiger charge is 2.22. The van der Waals surface area contributed by atoms with Gasteiger partial charge < -0.3 is 10.6 Å². The van der Waals surface area contributed by atoms with Gasteiger partial charge in [0.15, 0.2) is 11.7 Å². The number of fused-ring (bicyclic) bond motifs is 3. The molecule has 2 aromatic carbocycles. The van der Waals surface area contributed by atoms with Crippen molar-refractivity contribution in [1.29, 1.82) is 0 Å². The number of nitrogens with zero attached hydrogens (tertiary/aromatic N) is 3. The molecule has 0 bridgehead atoms.